The zero-order chi connectivity index (χ0) is 8.53. The van der Waals surface area contributed by atoms with Gasteiger partial charge in [0, 0.05) is 6.54 Å². The Morgan fingerprint density at radius 1 is 1.18 bits per heavy atom. The first-order valence-corrected chi connectivity index (χ1v) is 8.88. The number of halogens is 3. The van der Waals surface area contributed by atoms with Gasteiger partial charge in [-0.2, -0.15) is 0 Å². The molecule has 4 heteroatoms. The average molecular weight is 306 g/mol. The van der Waals surface area contributed by atoms with E-state index >= 15 is 0 Å². The summed E-state index contributed by atoms with van der Waals surface area (Å²) in [6, 6.07) is 9.99. The summed E-state index contributed by atoms with van der Waals surface area (Å²) in [6.45, 7) is 0.640. The minimum absolute atomic E-state index is 0.586. The van der Waals surface area contributed by atoms with Crippen molar-refractivity contribution in [3.8, 4) is 0 Å². The molecule has 0 heterocycles. The summed E-state index contributed by atoms with van der Waals surface area (Å²) in [5.41, 5.74) is 6.54. The Kier molecular flexibility index (Phi) is 8.97. The molecule has 0 spiro atoms. The first kappa shape index (κ1) is 11.5. The van der Waals surface area contributed by atoms with Crippen molar-refractivity contribution in [2.75, 3.05) is 0 Å². The predicted molar refractivity (Wildman–Crippen MR) is 61.5 cm³/mol. The van der Waals surface area contributed by atoms with Gasteiger partial charge in [0.1, 0.15) is 0 Å². The van der Waals surface area contributed by atoms with E-state index in [0.717, 1.165) is 0 Å². The van der Waals surface area contributed by atoms with Crippen LogP contribution in [0.15, 0.2) is 30.3 Å². The van der Waals surface area contributed by atoms with Crippen LogP contribution in [0.3, 0.4) is 0 Å². The topological polar surface area (TPSA) is 26.0 Å². The summed E-state index contributed by atoms with van der Waals surface area (Å²) >= 11 is -0.586. The van der Waals surface area contributed by atoms with Crippen LogP contribution in [-0.4, -0.2) is 0 Å². The van der Waals surface area contributed by atoms with E-state index in [2.05, 4.69) is 0 Å². The number of hydrogen-bond donors (Lipinski definition) is 1. The van der Waals surface area contributed by atoms with Crippen molar-refractivity contribution in [2.24, 2.45) is 5.73 Å². The molecule has 1 aromatic carbocycles. The second kappa shape index (κ2) is 8.59. The molecule has 0 aliphatic heterocycles. The Hall–Kier alpha value is 0.490. The van der Waals surface area contributed by atoms with Crippen molar-refractivity contribution < 1.29 is 0 Å². The number of rotatable bonds is 1. The molecule has 0 fully saturated rings. The molecule has 0 saturated carbocycles. The molecule has 0 aromatic heterocycles. The van der Waals surface area contributed by atoms with Gasteiger partial charge in [-0.05, 0) is 5.56 Å². The van der Waals surface area contributed by atoms with Gasteiger partial charge in [0.15, 0.2) is 0 Å². The molecule has 0 saturated heterocycles. The SMILES string of the molecule is Cl[IH]Cl.NCc1ccccc1. The van der Waals surface area contributed by atoms with Gasteiger partial charge >= 0.3 is 36.8 Å². The molecular weight excluding hydrogens is 296 g/mol. The van der Waals surface area contributed by atoms with Crippen molar-refractivity contribution in [1.82, 2.24) is 0 Å². The van der Waals surface area contributed by atoms with E-state index in [1.807, 2.05) is 30.3 Å². The molecule has 2 N–H and O–H groups in total. The Bertz CT molecular complexity index is 169. The first-order valence-electron chi connectivity index (χ1n) is 2.98. The van der Waals surface area contributed by atoms with Crippen LogP contribution in [-0.2, 0) is 6.54 Å². The fourth-order valence-electron chi connectivity index (χ4n) is 0.614. The van der Waals surface area contributed by atoms with Gasteiger partial charge in [-0.1, -0.05) is 30.3 Å². The maximum atomic E-state index is 5.35. The number of benzene rings is 1. The maximum absolute atomic E-state index is 5.35. The van der Waals surface area contributed by atoms with Crippen LogP contribution in [0.1, 0.15) is 5.56 Å². The Balaban J connectivity index is 0.000000292. The quantitative estimate of drug-likeness (QED) is 0.793. The van der Waals surface area contributed by atoms with Crippen LogP contribution < -0.4 is 5.73 Å². The molecule has 1 nitrogen and oxygen atoms in total. The zero-order valence-corrected chi connectivity index (χ0v) is 9.68. The third-order valence-corrected chi connectivity index (χ3v) is 1.08. The largest absolute Gasteiger partial charge is 0.326 e. The second-order valence-electron chi connectivity index (χ2n) is 1.75. The van der Waals surface area contributed by atoms with Gasteiger partial charge in [-0.15, -0.1) is 0 Å². The fourth-order valence-corrected chi connectivity index (χ4v) is 0.614. The summed E-state index contributed by atoms with van der Waals surface area (Å²) in [7, 11) is 9.79. The van der Waals surface area contributed by atoms with Crippen molar-refractivity contribution in [1.29, 1.82) is 0 Å². The molecule has 1 aromatic rings. The fraction of sp³-hybridized carbons (Fsp3) is 0.143. The number of nitrogens with two attached hydrogens (primary N) is 1. The summed E-state index contributed by atoms with van der Waals surface area (Å²) in [5.74, 6) is 0. The van der Waals surface area contributed by atoms with E-state index in [4.69, 9.17) is 23.6 Å². The average Bonchev–Trinajstić information content (AvgIpc) is 2.08. The van der Waals surface area contributed by atoms with Crippen LogP contribution in [0.5, 0.6) is 0 Å². The molecule has 64 valence electrons. The summed E-state index contributed by atoms with van der Waals surface area (Å²) < 4.78 is 0. The van der Waals surface area contributed by atoms with Crippen molar-refractivity contribution in [3.05, 3.63) is 35.9 Å². The molecule has 0 aliphatic carbocycles. The van der Waals surface area contributed by atoms with Gasteiger partial charge in [-0.25, -0.2) is 0 Å². The minimum Gasteiger partial charge on any atom is -0.326 e. The third-order valence-electron chi connectivity index (χ3n) is 1.08. The number of hydrogen-bond acceptors (Lipinski definition) is 1. The predicted octanol–water partition coefficient (Wildman–Crippen LogP) is 3.14. The monoisotopic (exact) mass is 305 g/mol. The second-order valence-corrected chi connectivity index (χ2v) is 5.21. The maximum Gasteiger partial charge on any atom is 0.0178 e. The molecule has 1 rings (SSSR count). The van der Waals surface area contributed by atoms with Crippen molar-refractivity contribution in [2.45, 2.75) is 6.54 Å². The zero-order valence-electron chi connectivity index (χ0n) is 5.84. The van der Waals surface area contributed by atoms with E-state index in [1.165, 1.54) is 5.56 Å². The Morgan fingerprint density at radius 2 is 1.64 bits per heavy atom. The molecule has 0 radical (unpaired) electrons. The van der Waals surface area contributed by atoms with Crippen LogP contribution in [0.2, 0.25) is 0 Å². The van der Waals surface area contributed by atoms with Crippen LogP contribution in [0.4, 0.5) is 0 Å². The normalized spacial score (nSPS) is 8.64. The van der Waals surface area contributed by atoms with Crippen molar-refractivity contribution in [3.63, 3.8) is 0 Å². The molecule has 11 heavy (non-hydrogen) atoms. The van der Waals surface area contributed by atoms with E-state index in [9.17, 15) is 0 Å². The molecule has 0 atom stereocenters. The summed E-state index contributed by atoms with van der Waals surface area (Å²) in [5, 5.41) is 0. The van der Waals surface area contributed by atoms with Gasteiger partial charge in [0.2, 0.25) is 0 Å². The van der Waals surface area contributed by atoms with E-state index in [-0.39, 0.29) is 0 Å². The Morgan fingerprint density at radius 3 is 1.91 bits per heavy atom. The standard InChI is InChI=1S/C7H9N.Cl2HI/c8-6-7-4-2-1-3-5-7;1-3-2/h1-5H,6,8H2;3H. The van der Waals surface area contributed by atoms with Gasteiger partial charge in [-0.3, -0.25) is 0 Å². The van der Waals surface area contributed by atoms with Crippen LogP contribution in [0.25, 0.3) is 0 Å². The molecular formula is C7H10Cl2IN. The van der Waals surface area contributed by atoms with Crippen molar-refractivity contribution >= 4 is 36.8 Å². The smallest absolute Gasteiger partial charge is 0.0178 e. The Labute approximate surface area is 84.6 Å². The third kappa shape index (κ3) is 6.87. The van der Waals surface area contributed by atoms with E-state index in [1.54, 1.807) is 0 Å². The molecule has 0 aliphatic rings. The van der Waals surface area contributed by atoms with Gasteiger partial charge < -0.3 is 5.73 Å². The minimum atomic E-state index is -0.586. The molecule has 0 bridgehead atoms. The summed E-state index contributed by atoms with van der Waals surface area (Å²) in [6.07, 6.45) is 0. The van der Waals surface area contributed by atoms with E-state index in [0.29, 0.717) is 6.54 Å². The summed E-state index contributed by atoms with van der Waals surface area (Å²) in [4.78, 5) is 0. The van der Waals surface area contributed by atoms with Crippen LogP contribution in [0, 0.1) is 0 Å². The van der Waals surface area contributed by atoms with E-state index < -0.39 is 18.9 Å². The van der Waals surface area contributed by atoms with Crippen LogP contribution >= 0.6 is 36.8 Å². The van der Waals surface area contributed by atoms with Gasteiger partial charge in [0.25, 0.3) is 0 Å². The molecule has 0 unspecified atom stereocenters. The van der Waals surface area contributed by atoms with Gasteiger partial charge in [0.05, 0.1) is 0 Å². The first-order chi connectivity index (χ1) is 5.35. The molecule has 0 amide bonds.